The molecule has 2 saturated heterocycles. The summed E-state index contributed by atoms with van der Waals surface area (Å²) >= 11 is 0. The van der Waals surface area contributed by atoms with E-state index in [-0.39, 0.29) is 5.54 Å². The molecule has 4 heteroatoms. The minimum atomic E-state index is 0.157. The molecule has 2 aliphatic heterocycles. The maximum absolute atomic E-state index is 5.96. The van der Waals surface area contributed by atoms with Gasteiger partial charge >= 0.3 is 0 Å². The molecule has 0 spiro atoms. The Morgan fingerprint density at radius 2 is 2.21 bits per heavy atom. The van der Waals surface area contributed by atoms with Gasteiger partial charge in [0.05, 0.1) is 32.0 Å². The van der Waals surface area contributed by atoms with Crippen molar-refractivity contribution in [2.45, 2.75) is 51.4 Å². The number of rotatable bonds is 6. The first-order valence-corrected chi connectivity index (χ1v) is 7.52. The van der Waals surface area contributed by atoms with E-state index >= 15 is 0 Å². The maximum Gasteiger partial charge on any atom is 0.0830 e. The number of likely N-dealkylation sites (tertiary alicyclic amines) is 1. The Hall–Kier alpha value is -0.160. The smallest absolute Gasteiger partial charge is 0.0830 e. The number of likely N-dealkylation sites (N-methyl/N-ethyl adjacent to an activating group) is 1. The van der Waals surface area contributed by atoms with Gasteiger partial charge in [0.2, 0.25) is 0 Å². The van der Waals surface area contributed by atoms with Crippen LogP contribution in [0.25, 0.3) is 0 Å². The molecule has 2 rings (SSSR count). The molecule has 3 atom stereocenters. The molecule has 0 amide bonds. The van der Waals surface area contributed by atoms with E-state index in [1.54, 1.807) is 0 Å². The molecule has 0 bridgehead atoms. The van der Waals surface area contributed by atoms with E-state index in [0.29, 0.717) is 18.1 Å². The monoisotopic (exact) mass is 271 g/mol. The van der Waals surface area contributed by atoms with Gasteiger partial charge in [0, 0.05) is 18.7 Å². The highest BCUT2D eigenvalue weighted by Crippen LogP contribution is 2.32. The molecule has 2 heterocycles. The van der Waals surface area contributed by atoms with Crippen LogP contribution in [0.5, 0.6) is 0 Å². The van der Waals surface area contributed by atoms with Gasteiger partial charge in [0.15, 0.2) is 0 Å². The lowest BCUT2D eigenvalue weighted by molar-refractivity contribution is 0.00204. The van der Waals surface area contributed by atoms with Gasteiger partial charge in [-0.2, -0.15) is 0 Å². The van der Waals surface area contributed by atoms with Crippen molar-refractivity contribution in [2.75, 3.05) is 40.0 Å². The summed E-state index contributed by atoms with van der Waals surface area (Å²) in [5.41, 5.74) is 0.157. The highest BCUT2D eigenvalue weighted by atomic mass is 16.5. The Balaban J connectivity index is 1.75. The van der Waals surface area contributed by atoms with Crippen LogP contribution in [0.3, 0.4) is 0 Å². The van der Waals surface area contributed by atoms with E-state index in [1.807, 2.05) is 0 Å². The molecule has 0 aliphatic carbocycles. The van der Waals surface area contributed by atoms with Gasteiger partial charge in [-0.25, -0.2) is 0 Å². The number of hydrogen-bond acceptors (Lipinski definition) is 4. The Morgan fingerprint density at radius 1 is 1.42 bits per heavy atom. The van der Waals surface area contributed by atoms with Crippen molar-refractivity contribution in [3.8, 4) is 0 Å². The average molecular weight is 271 g/mol. The molecule has 4 nitrogen and oxygen atoms in total. The summed E-state index contributed by atoms with van der Waals surface area (Å²) in [7, 11) is 2.20. The minimum Gasteiger partial charge on any atom is -0.379 e. The summed E-state index contributed by atoms with van der Waals surface area (Å²) in [6.07, 6.45) is 2.83. The van der Waals surface area contributed by atoms with Crippen LogP contribution in [-0.2, 0) is 14.2 Å². The predicted octanol–water partition coefficient (Wildman–Crippen LogP) is 1.93. The van der Waals surface area contributed by atoms with Crippen molar-refractivity contribution >= 4 is 0 Å². The molecular formula is C15H29NO3. The Labute approximate surface area is 117 Å². The Bertz CT molecular complexity index is 279. The zero-order chi connectivity index (χ0) is 13.9. The third-order valence-electron chi connectivity index (χ3n) is 4.37. The fourth-order valence-corrected chi connectivity index (χ4v) is 2.99. The van der Waals surface area contributed by atoms with Crippen LogP contribution in [-0.4, -0.2) is 62.7 Å². The van der Waals surface area contributed by atoms with E-state index in [0.717, 1.165) is 45.8 Å². The van der Waals surface area contributed by atoms with Crippen LogP contribution in [0.2, 0.25) is 0 Å². The lowest BCUT2D eigenvalue weighted by Gasteiger charge is -2.32. The molecule has 2 fully saturated rings. The van der Waals surface area contributed by atoms with Gasteiger partial charge in [0.1, 0.15) is 0 Å². The van der Waals surface area contributed by atoms with Crippen molar-refractivity contribution in [1.82, 2.24) is 4.90 Å². The second kappa shape index (κ2) is 6.53. The van der Waals surface area contributed by atoms with Crippen LogP contribution < -0.4 is 0 Å². The fraction of sp³-hybridized carbons (Fsp3) is 1.00. The van der Waals surface area contributed by atoms with Gasteiger partial charge in [-0.3, -0.25) is 4.90 Å². The molecule has 0 aromatic heterocycles. The van der Waals surface area contributed by atoms with Crippen molar-refractivity contribution in [2.24, 2.45) is 5.92 Å². The van der Waals surface area contributed by atoms with Crippen molar-refractivity contribution < 1.29 is 14.2 Å². The van der Waals surface area contributed by atoms with Crippen LogP contribution in [0, 0.1) is 5.92 Å². The third-order valence-corrected chi connectivity index (χ3v) is 4.37. The highest BCUT2D eigenvalue weighted by molar-refractivity contribution is 4.94. The van der Waals surface area contributed by atoms with E-state index in [4.69, 9.17) is 14.2 Å². The van der Waals surface area contributed by atoms with Gasteiger partial charge in [-0.05, 0) is 46.6 Å². The van der Waals surface area contributed by atoms with Crippen LogP contribution in [0.15, 0.2) is 0 Å². The predicted molar refractivity (Wildman–Crippen MR) is 75.4 cm³/mol. The molecular weight excluding hydrogens is 242 g/mol. The molecule has 19 heavy (non-hydrogen) atoms. The first-order chi connectivity index (χ1) is 8.99. The van der Waals surface area contributed by atoms with Crippen molar-refractivity contribution in [1.29, 1.82) is 0 Å². The topological polar surface area (TPSA) is 30.9 Å². The molecule has 0 N–H and O–H groups in total. The molecule has 2 aliphatic rings. The van der Waals surface area contributed by atoms with Crippen LogP contribution in [0.1, 0.15) is 33.6 Å². The molecule has 112 valence electrons. The zero-order valence-corrected chi connectivity index (χ0v) is 12.9. The summed E-state index contributed by atoms with van der Waals surface area (Å²) in [4.78, 5) is 2.43. The zero-order valence-electron chi connectivity index (χ0n) is 12.9. The quantitative estimate of drug-likeness (QED) is 0.738. The molecule has 0 radical (unpaired) electrons. The normalized spacial score (nSPS) is 36.5. The summed E-state index contributed by atoms with van der Waals surface area (Å²) < 4.78 is 17.1. The minimum absolute atomic E-state index is 0.157. The maximum atomic E-state index is 5.96. The Kier molecular flexibility index (Phi) is 5.23. The van der Waals surface area contributed by atoms with E-state index in [9.17, 15) is 0 Å². The number of nitrogens with zero attached hydrogens (tertiary/aromatic N) is 1. The summed E-state index contributed by atoms with van der Waals surface area (Å²) in [5.74, 6) is 0.617. The lowest BCUT2D eigenvalue weighted by atomic mass is 9.95. The second-order valence-electron chi connectivity index (χ2n) is 6.63. The molecule has 0 aromatic carbocycles. The van der Waals surface area contributed by atoms with Gasteiger partial charge in [-0.1, -0.05) is 0 Å². The van der Waals surface area contributed by atoms with Crippen LogP contribution >= 0.6 is 0 Å². The molecule has 0 aromatic rings. The van der Waals surface area contributed by atoms with E-state index in [1.165, 1.54) is 0 Å². The van der Waals surface area contributed by atoms with E-state index < -0.39 is 0 Å². The first-order valence-electron chi connectivity index (χ1n) is 7.52. The number of hydrogen-bond donors (Lipinski definition) is 0. The largest absolute Gasteiger partial charge is 0.379 e. The summed E-state index contributed by atoms with van der Waals surface area (Å²) in [6.45, 7) is 10.9. The lowest BCUT2D eigenvalue weighted by Crippen LogP contribution is -2.43. The second-order valence-corrected chi connectivity index (χ2v) is 6.63. The van der Waals surface area contributed by atoms with Crippen molar-refractivity contribution in [3.05, 3.63) is 0 Å². The van der Waals surface area contributed by atoms with Gasteiger partial charge < -0.3 is 14.2 Å². The van der Waals surface area contributed by atoms with E-state index in [2.05, 4.69) is 32.7 Å². The first kappa shape index (κ1) is 15.2. The highest BCUT2D eigenvalue weighted by Gasteiger charge is 2.40. The third kappa shape index (κ3) is 4.15. The molecule has 0 saturated carbocycles. The van der Waals surface area contributed by atoms with Gasteiger partial charge in [0.25, 0.3) is 0 Å². The summed E-state index contributed by atoms with van der Waals surface area (Å²) in [5, 5.41) is 0. The average Bonchev–Trinajstić information content (AvgIpc) is 2.94. The summed E-state index contributed by atoms with van der Waals surface area (Å²) in [6, 6.07) is 0. The number of ether oxygens (including phenoxy) is 3. The van der Waals surface area contributed by atoms with Crippen LogP contribution in [0.4, 0.5) is 0 Å². The van der Waals surface area contributed by atoms with Gasteiger partial charge in [-0.15, -0.1) is 0 Å². The SMILES string of the molecule is CC(C)OC[C@]1(C)CC(COC2CCOC2)CN1C. The Morgan fingerprint density at radius 3 is 2.84 bits per heavy atom. The standard InChI is InChI=1S/C15H29NO3/c1-12(2)19-11-15(3)7-13(8-16(15)4)9-18-14-5-6-17-10-14/h12-14H,5-11H2,1-4H3/t13?,14?,15-/m0/s1. The molecule has 2 unspecified atom stereocenters. The van der Waals surface area contributed by atoms with Crippen molar-refractivity contribution in [3.63, 3.8) is 0 Å². The fourth-order valence-electron chi connectivity index (χ4n) is 2.99.